The van der Waals surface area contributed by atoms with Gasteiger partial charge in [0, 0.05) is 18.9 Å². The van der Waals surface area contributed by atoms with E-state index in [0.29, 0.717) is 12.1 Å². The predicted molar refractivity (Wildman–Crippen MR) is 65.4 cm³/mol. The molecule has 0 saturated carbocycles. The maximum atomic E-state index is 12.0. The van der Waals surface area contributed by atoms with Gasteiger partial charge in [-0.25, -0.2) is 13.4 Å². The van der Waals surface area contributed by atoms with Gasteiger partial charge in [-0.15, -0.1) is 0 Å². The van der Waals surface area contributed by atoms with E-state index in [4.69, 9.17) is 5.26 Å². The van der Waals surface area contributed by atoms with Crippen LogP contribution < -0.4 is 0 Å². The van der Waals surface area contributed by atoms with Crippen LogP contribution in [0.1, 0.15) is 5.56 Å². The highest BCUT2D eigenvalue weighted by atomic mass is 32.2. The fraction of sp³-hybridized carbons (Fsp3) is 0.167. The van der Waals surface area contributed by atoms with E-state index in [0.717, 1.165) is 0 Å². The third kappa shape index (κ3) is 2.76. The van der Waals surface area contributed by atoms with Gasteiger partial charge in [0.25, 0.3) is 0 Å². The molecule has 0 aliphatic rings. The minimum Gasteiger partial charge on any atom is -0.336 e. The van der Waals surface area contributed by atoms with E-state index in [1.165, 1.54) is 24.3 Å². The highest BCUT2D eigenvalue weighted by Gasteiger charge is 2.14. The van der Waals surface area contributed by atoms with Gasteiger partial charge >= 0.3 is 0 Å². The highest BCUT2D eigenvalue weighted by Crippen LogP contribution is 2.12. The number of hydrogen-bond donors (Lipinski definition) is 0. The summed E-state index contributed by atoms with van der Waals surface area (Å²) in [4.78, 5) is 4.09. The summed E-state index contributed by atoms with van der Waals surface area (Å²) >= 11 is 0. The predicted octanol–water partition coefficient (Wildman–Crippen LogP) is 1.23. The van der Waals surface area contributed by atoms with E-state index >= 15 is 0 Å². The minimum absolute atomic E-state index is 0.00919. The van der Waals surface area contributed by atoms with Crippen molar-refractivity contribution < 1.29 is 8.42 Å². The topological polar surface area (TPSA) is 75.8 Å². The number of imidazole rings is 1. The second kappa shape index (κ2) is 5.02. The summed E-state index contributed by atoms with van der Waals surface area (Å²) in [5, 5.41) is 8.65. The molecule has 0 fully saturated rings. The normalized spacial score (nSPS) is 11.1. The van der Waals surface area contributed by atoms with Crippen LogP contribution in [0.2, 0.25) is 0 Å². The number of rotatable bonds is 4. The van der Waals surface area contributed by atoms with E-state index in [9.17, 15) is 8.42 Å². The van der Waals surface area contributed by atoms with E-state index in [1.54, 1.807) is 23.3 Å². The molecular weight excluding hydrogens is 250 g/mol. The Balaban J connectivity index is 2.13. The van der Waals surface area contributed by atoms with Crippen molar-refractivity contribution in [3.05, 3.63) is 48.5 Å². The Labute approximate surface area is 105 Å². The number of hydrogen-bond acceptors (Lipinski definition) is 4. The molecule has 92 valence electrons. The Kier molecular flexibility index (Phi) is 3.44. The smallest absolute Gasteiger partial charge is 0.180 e. The molecule has 0 aliphatic heterocycles. The first kappa shape index (κ1) is 12.3. The van der Waals surface area contributed by atoms with Crippen molar-refractivity contribution in [1.82, 2.24) is 9.55 Å². The lowest BCUT2D eigenvalue weighted by atomic mass is 10.2. The molecule has 0 amide bonds. The van der Waals surface area contributed by atoms with Gasteiger partial charge < -0.3 is 4.57 Å². The molecule has 2 aromatic rings. The molecule has 6 heteroatoms. The molecule has 18 heavy (non-hydrogen) atoms. The van der Waals surface area contributed by atoms with Crippen molar-refractivity contribution in [2.24, 2.45) is 0 Å². The van der Waals surface area contributed by atoms with Gasteiger partial charge in [0.05, 0.1) is 28.6 Å². The van der Waals surface area contributed by atoms with Gasteiger partial charge in [0.15, 0.2) is 9.84 Å². The van der Waals surface area contributed by atoms with Gasteiger partial charge in [-0.1, -0.05) is 0 Å². The summed E-state index contributed by atoms with van der Waals surface area (Å²) in [6.45, 7) is 0.363. The van der Waals surface area contributed by atoms with E-state index < -0.39 is 9.84 Å². The fourth-order valence-electron chi connectivity index (χ4n) is 1.50. The minimum atomic E-state index is -3.32. The average molecular weight is 261 g/mol. The molecule has 0 N–H and O–H groups in total. The molecule has 0 unspecified atom stereocenters. The third-order valence-electron chi connectivity index (χ3n) is 2.52. The van der Waals surface area contributed by atoms with Crippen LogP contribution in [0.25, 0.3) is 0 Å². The van der Waals surface area contributed by atoms with Crippen LogP contribution in [-0.2, 0) is 16.4 Å². The zero-order chi connectivity index (χ0) is 13.0. The largest absolute Gasteiger partial charge is 0.336 e. The Morgan fingerprint density at radius 1 is 1.28 bits per heavy atom. The van der Waals surface area contributed by atoms with Crippen LogP contribution in [-0.4, -0.2) is 23.7 Å². The first-order valence-corrected chi connectivity index (χ1v) is 6.96. The summed E-state index contributed by atoms with van der Waals surface area (Å²) in [5.74, 6) is 0.00919. The lowest BCUT2D eigenvalue weighted by Crippen LogP contribution is -2.12. The fourth-order valence-corrected chi connectivity index (χ4v) is 2.74. The van der Waals surface area contributed by atoms with Gasteiger partial charge in [-0.05, 0) is 24.3 Å². The second-order valence-electron chi connectivity index (χ2n) is 3.76. The molecule has 1 aromatic heterocycles. The summed E-state index contributed by atoms with van der Waals surface area (Å²) < 4.78 is 25.7. The molecule has 5 nitrogen and oxygen atoms in total. The van der Waals surface area contributed by atoms with Crippen molar-refractivity contribution in [1.29, 1.82) is 5.26 Å². The van der Waals surface area contributed by atoms with Crippen molar-refractivity contribution >= 4 is 9.84 Å². The molecule has 0 saturated heterocycles. The van der Waals surface area contributed by atoms with Gasteiger partial charge in [-0.2, -0.15) is 5.26 Å². The third-order valence-corrected chi connectivity index (χ3v) is 4.23. The number of aromatic nitrogens is 2. The van der Waals surface area contributed by atoms with E-state index in [1.807, 2.05) is 6.07 Å². The molecule has 1 aromatic carbocycles. The van der Waals surface area contributed by atoms with Crippen LogP contribution in [0.15, 0.2) is 47.9 Å². The van der Waals surface area contributed by atoms with Crippen molar-refractivity contribution in [3.8, 4) is 6.07 Å². The van der Waals surface area contributed by atoms with Crippen molar-refractivity contribution in [2.75, 3.05) is 5.75 Å². The van der Waals surface area contributed by atoms with Crippen molar-refractivity contribution in [3.63, 3.8) is 0 Å². The molecule has 2 rings (SSSR count). The first-order chi connectivity index (χ1) is 8.62. The summed E-state index contributed by atoms with van der Waals surface area (Å²) in [5.41, 5.74) is 0.448. The summed E-state index contributed by atoms with van der Waals surface area (Å²) in [6.07, 6.45) is 4.90. The van der Waals surface area contributed by atoms with Gasteiger partial charge in [-0.3, -0.25) is 0 Å². The maximum Gasteiger partial charge on any atom is 0.180 e. The summed E-state index contributed by atoms with van der Waals surface area (Å²) in [6, 6.07) is 7.88. The van der Waals surface area contributed by atoms with Gasteiger partial charge in [0.1, 0.15) is 0 Å². The Bertz CT molecular complexity index is 652. The van der Waals surface area contributed by atoms with Crippen molar-refractivity contribution in [2.45, 2.75) is 11.4 Å². The molecule has 1 heterocycles. The zero-order valence-corrected chi connectivity index (χ0v) is 10.3. The number of sulfone groups is 1. The zero-order valence-electron chi connectivity index (χ0n) is 9.52. The Morgan fingerprint density at radius 3 is 2.56 bits per heavy atom. The average Bonchev–Trinajstić information content (AvgIpc) is 2.90. The SMILES string of the molecule is N#Cc1ccc(S(=O)(=O)CCn2ccnc2)cc1. The van der Waals surface area contributed by atoms with Crippen LogP contribution in [0.5, 0.6) is 0 Å². The quantitative estimate of drug-likeness (QED) is 0.829. The summed E-state index contributed by atoms with van der Waals surface area (Å²) in [7, 11) is -3.32. The van der Waals surface area contributed by atoms with E-state index in [2.05, 4.69) is 4.98 Å². The van der Waals surface area contributed by atoms with E-state index in [-0.39, 0.29) is 10.6 Å². The Morgan fingerprint density at radius 2 is 2.00 bits per heavy atom. The molecule has 0 atom stereocenters. The molecule has 0 aliphatic carbocycles. The van der Waals surface area contributed by atoms with Crippen LogP contribution >= 0.6 is 0 Å². The number of benzene rings is 1. The number of nitriles is 1. The number of nitrogens with zero attached hydrogens (tertiary/aromatic N) is 3. The standard InChI is InChI=1S/C12H11N3O2S/c13-9-11-1-3-12(4-2-11)18(16,17)8-7-15-6-5-14-10-15/h1-6,10H,7-8H2. The second-order valence-corrected chi connectivity index (χ2v) is 5.86. The molecular formula is C12H11N3O2S. The lowest BCUT2D eigenvalue weighted by molar-refractivity contribution is 0.589. The van der Waals surface area contributed by atoms with Gasteiger partial charge in [0.2, 0.25) is 0 Å². The Hall–Kier alpha value is -2.13. The number of aryl methyl sites for hydroxylation is 1. The molecule has 0 bridgehead atoms. The molecule has 0 spiro atoms. The highest BCUT2D eigenvalue weighted by molar-refractivity contribution is 7.91. The van der Waals surface area contributed by atoms with Crippen LogP contribution in [0.4, 0.5) is 0 Å². The monoisotopic (exact) mass is 261 g/mol. The lowest BCUT2D eigenvalue weighted by Gasteiger charge is -2.05. The van der Waals surface area contributed by atoms with Crippen LogP contribution in [0, 0.1) is 11.3 Å². The molecule has 0 radical (unpaired) electrons. The van der Waals surface area contributed by atoms with Crippen LogP contribution in [0.3, 0.4) is 0 Å². The first-order valence-electron chi connectivity index (χ1n) is 5.30. The maximum absolute atomic E-state index is 12.0.